The second kappa shape index (κ2) is 5.90. The molecule has 0 spiro atoms. The lowest BCUT2D eigenvalue weighted by Crippen LogP contribution is -2.62. The van der Waals surface area contributed by atoms with Crippen molar-refractivity contribution < 1.29 is 35.1 Å². The third-order valence-electron chi connectivity index (χ3n) is 3.40. The minimum atomic E-state index is -1.49. The van der Waals surface area contributed by atoms with Gasteiger partial charge in [-0.05, 0) is 12.2 Å². The molecular formula is C12H17NO7. The van der Waals surface area contributed by atoms with Crippen molar-refractivity contribution >= 4 is 5.97 Å². The molecule has 0 aliphatic carbocycles. The Hall–Kier alpha value is -1.45. The van der Waals surface area contributed by atoms with E-state index in [2.05, 4.69) is 0 Å². The fourth-order valence-electron chi connectivity index (χ4n) is 2.24. The molecular weight excluding hydrogens is 270 g/mol. The summed E-state index contributed by atoms with van der Waals surface area (Å²) in [6.45, 7) is -0.546. The first-order valence-electron chi connectivity index (χ1n) is 6.12. The van der Waals surface area contributed by atoms with Crippen LogP contribution in [-0.2, 0) is 9.53 Å². The van der Waals surface area contributed by atoms with Gasteiger partial charge in [-0.15, -0.1) is 0 Å². The second-order valence-electron chi connectivity index (χ2n) is 4.73. The van der Waals surface area contributed by atoms with Crippen LogP contribution in [-0.4, -0.2) is 80.2 Å². The molecule has 0 radical (unpaired) electrons. The van der Waals surface area contributed by atoms with Gasteiger partial charge in [0.2, 0.25) is 0 Å². The van der Waals surface area contributed by atoms with Gasteiger partial charge in [-0.2, -0.15) is 0 Å². The van der Waals surface area contributed by atoms with E-state index >= 15 is 0 Å². The summed E-state index contributed by atoms with van der Waals surface area (Å²) >= 11 is 0. The lowest BCUT2D eigenvalue weighted by atomic mass is 9.97. The van der Waals surface area contributed by atoms with E-state index in [1.807, 2.05) is 0 Å². The van der Waals surface area contributed by atoms with Crippen molar-refractivity contribution in [3.8, 4) is 0 Å². The number of aliphatic hydroxyl groups is 4. The van der Waals surface area contributed by atoms with Crippen LogP contribution >= 0.6 is 0 Å². The van der Waals surface area contributed by atoms with E-state index in [1.165, 1.54) is 23.3 Å². The Kier molecular flexibility index (Phi) is 4.41. The van der Waals surface area contributed by atoms with E-state index in [4.69, 9.17) is 14.9 Å². The van der Waals surface area contributed by atoms with Crippen LogP contribution in [0.2, 0.25) is 0 Å². The highest BCUT2D eigenvalue weighted by molar-refractivity contribution is 5.87. The molecule has 2 rings (SSSR count). The smallest absolute Gasteiger partial charge is 0.333 e. The van der Waals surface area contributed by atoms with E-state index in [0.717, 1.165) is 0 Å². The predicted octanol–water partition coefficient (Wildman–Crippen LogP) is -2.37. The molecule has 20 heavy (non-hydrogen) atoms. The number of aliphatic carboxylic acids is 1. The van der Waals surface area contributed by atoms with Gasteiger partial charge in [0.1, 0.15) is 24.4 Å². The topological polar surface area (TPSA) is 131 Å². The number of hydrogen-bond donors (Lipinski definition) is 5. The minimum Gasteiger partial charge on any atom is -0.478 e. The molecule has 112 valence electrons. The Morgan fingerprint density at radius 1 is 1.30 bits per heavy atom. The van der Waals surface area contributed by atoms with Gasteiger partial charge in [-0.25, -0.2) is 4.79 Å². The van der Waals surface area contributed by atoms with Crippen LogP contribution in [0.25, 0.3) is 0 Å². The van der Waals surface area contributed by atoms with Gasteiger partial charge in [-0.1, -0.05) is 0 Å². The van der Waals surface area contributed by atoms with Crippen LogP contribution in [0.15, 0.2) is 23.9 Å². The van der Waals surface area contributed by atoms with Gasteiger partial charge >= 0.3 is 5.97 Å². The van der Waals surface area contributed by atoms with E-state index in [0.29, 0.717) is 0 Å². The second-order valence-corrected chi connectivity index (χ2v) is 4.73. The maximum atomic E-state index is 10.9. The zero-order chi connectivity index (χ0) is 14.9. The molecule has 0 unspecified atom stereocenters. The summed E-state index contributed by atoms with van der Waals surface area (Å²) in [4.78, 5) is 12.3. The van der Waals surface area contributed by atoms with Crippen LogP contribution in [0.1, 0.15) is 0 Å². The Morgan fingerprint density at radius 3 is 2.60 bits per heavy atom. The summed E-state index contributed by atoms with van der Waals surface area (Å²) in [5.41, 5.74) is 0.101. The van der Waals surface area contributed by atoms with E-state index < -0.39 is 43.2 Å². The summed E-state index contributed by atoms with van der Waals surface area (Å²) in [6, 6.07) is 0. The molecule has 1 saturated heterocycles. The van der Waals surface area contributed by atoms with Gasteiger partial charge in [0, 0.05) is 6.20 Å². The first kappa shape index (κ1) is 14.9. The minimum absolute atomic E-state index is 0.0193. The Bertz CT molecular complexity index is 434. The molecule has 0 aromatic heterocycles. The molecule has 2 heterocycles. The van der Waals surface area contributed by atoms with E-state index in [-0.39, 0.29) is 12.1 Å². The Balaban J connectivity index is 2.14. The number of carboxylic acid groups (broad SMARTS) is 1. The maximum absolute atomic E-state index is 10.9. The quantitative estimate of drug-likeness (QED) is 0.389. The largest absolute Gasteiger partial charge is 0.478 e. The third-order valence-corrected chi connectivity index (χ3v) is 3.40. The number of hydrogen-bond acceptors (Lipinski definition) is 7. The summed E-state index contributed by atoms with van der Waals surface area (Å²) in [5.74, 6) is -1.09. The summed E-state index contributed by atoms with van der Waals surface area (Å²) in [6.07, 6.45) is -2.01. The molecule has 2 aliphatic heterocycles. The lowest BCUT2D eigenvalue weighted by molar-refractivity contribution is -0.258. The summed E-state index contributed by atoms with van der Waals surface area (Å²) < 4.78 is 5.34. The first-order valence-corrected chi connectivity index (χ1v) is 6.12. The molecule has 1 fully saturated rings. The molecule has 0 aromatic rings. The molecule has 2 aliphatic rings. The van der Waals surface area contributed by atoms with Gasteiger partial charge in [-0.3, -0.25) is 0 Å². The van der Waals surface area contributed by atoms with Crippen LogP contribution in [0.3, 0.4) is 0 Å². The van der Waals surface area contributed by atoms with Crippen molar-refractivity contribution in [2.45, 2.75) is 30.6 Å². The lowest BCUT2D eigenvalue weighted by Gasteiger charge is -2.44. The number of allylic oxidation sites excluding steroid dienone is 2. The average molecular weight is 287 g/mol. The highest BCUT2D eigenvalue weighted by atomic mass is 16.6. The number of aliphatic hydroxyl groups excluding tert-OH is 4. The van der Waals surface area contributed by atoms with Crippen LogP contribution in [0, 0.1) is 0 Å². The molecule has 8 heteroatoms. The molecule has 0 saturated carbocycles. The van der Waals surface area contributed by atoms with Crippen LogP contribution < -0.4 is 0 Å². The summed E-state index contributed by atoms with van der Waals surface area (Å²) in [7, 11) is 0. The van der Waals surface area contributed by atoms with Gasteiger partial charge < -0.3 is 35.2 Å². The summed E-state index contributed by atoms with van der Waals surface area (Å²) in [5, 5.41) is 47.4. The molecule has 5 N–H and O–H groups in total. The number of rotatable bonds is 3. The Labute approximate surface area is 114 Å². The van der Waals surface area contributed by atoms with Crippen molar-refractivity contribution in [3.05, 3.63) is 23.9 Å². The van der Waals surface area contributed by atoms with Crippen molar-refractivity contribution in [1.29, 1.82) is 0 Å². The highest BCUT2D eigenvalue weighted by Gasteiger charge is 2.45. The van der Waals surface area contributed by atoms with Crippen molar-refractivity contribution in [2.75, 3.05) is 13.2 Å². The number of nitrogens with zero attached hydrogens (tertiary/aromatic N) is 1. The van der Waals surface area contributed by atoms with E-state index in [1.54, 1.807) is 0 Å². The van der Waals surface area contributed by atoms with E-state index in [9.17, 15) is 20.1 Å². The predicted molar refractivity (Wildman–Crippen MR) is 65.3 cm³/mol. The van der Waals surface area contributed by atoms with Crippen LogP contribution in [0.4, 0.5) is 0 Å². The van der Waals surface area contributed by atoms with Crippen molar-refractivity contribution in [1.82, 2.24) is 4.90 Å². The normalized spacial score (nSPS) is 37.7. The fraction of sp³-hybridized carbons (Fsp3) is 0.583. The number of carboxylic acids is 1. The molecule has 0 amide bonds. The molecule has 5 atom stereocenters. The molecule has 0 aromatic carbocycles. The standard InChI is InChI=1S/C12H17NO7/c14-5-7-8(15)9(16)10(17)11(20-7)13-3-1-2-6(4-13)12(18)19/h1-3,7-11,14-17H,4-5H2,(H,18,19)/t7-,8-,9+,10-,11-/m1/s1. The number of carbonyl (C=O) groups is 1. The van der Waals surface area contributed by atoms with Crippen molar-refractivity contribution in [3.63, 3.8) is 0 Å². The monoisotopic (exact) mass is 287 g/mol. The van der Waals surface area contributed by atoms with Gasteiger partial charge in [0.25, 0.3) is 0 Å². The molecule has 8 nitrogen and oxygen atoms in total. The van der Waals surface area contributed by atoms with Crippen LogP contribution in [0.5, 0.6) is 0 Å². The van der Waals surface area contributed by atoms with Crippen molar-refractivity contribution in [2.24, 2.45) is 0 Å². The number of ether oxygens (including phenoxy) is 1. The first-order chi connectivity index (χ1) is 9.45. The zero-order valence-corrected chi connectivity index (χ0v) is 10.5. The average Bonchev–Trinajstić information content (AvgIpc) is 2.45. The zero-order valence-electron chi connectivity index (χ0n) is 10.5. The Morgan fingerprint density at radius 2 is 2.00 bits per heavy atom. The fourth-order valence-corrected chi connectivity index (χ4v) is 2.24. The SMILES string of the molecule is O=C(O)C1=CC=CN([C@@H]2O[C@H](CO)[C@@H](O)[C@H](O)[C@H]2O)C1. The van der Waals surface area contributed by atoms with Gasteiger partial charge in [0.15, 0.2) is 6.23 Å². The maximum Gasteiger partial charge on any atom is 0.333 e. The third kappa shape index (κ3) is 2.69. The molecule has 0 bridgehead atoms. The highest BCUT2D eigenvalue weighted by Crippen LogP contribution is 2.25. The van der Waals surface area contributed by atoms with Gasteiger partial charge in [0.05, 0.1) is 18.7 Å².